The first-order chi connectivity index (χ1) is 10.1. The largest absolute Gasteiger partial charge is 0.309 e. The Labute approximate surface area is 131 Å². The molecule has 3 heteroatoms. The van der Waals surface area contributed by atoms with Gasteiger partial charge in [0.15, 0.2) is 0 Å². The van der Waals surface area contributed by atoms with Crippen molar-refractivity contribution in [3.8, 4) is 0 Å². The van der Waals surface area contributed by atoms with E-state index in [4.69, 9.17) is 0 Å². The van der Waals surface area contributed by atoms with Gasteiger partial charge in [0.2, 0.25) is 0 Å². The van der Waals surface area contributed by atoms with Gasteiger partial charge in [-0.3, -0.25) is 0 Å². The molecule has 1 unspecified atom stereocenters. The Hall–Kier alpha value is -1.32. The molecule has 0 aliphatic rings. The molecule has 0 heterocycles. The number of nitrogens with one attached hydrogen (secondary N) is 1. The average molecular weight is 303 g/mol. The molecule has 1 N–H and O–H groups in total. The molecule has 1 nitrogen and oxygen atoms in total. The van der Waals surface area contributed by atoms with Crippen LogP contribution in [-0.4, -0.2) is 12.3 Å². The first-order valence-electron chi connectivity index (χ1n) is 7.29. The van der Waals surface area contributed by atoms with Crippen LogP contribution in [-0.2, 0) is 0 Å². The lowest BCUT2D eigenvalue weighted by atomic mass is 10.0. The van der Waals surface area contributed by atoms with Gasteiger partial charge in [0.25, 0.3) is 0 Å². The maximum Gasteiger partial charge on any atom is 0.128 e. The second kappa shape index (κ2) is 7.62. The van der Waals surface area contributed by atoms with Gasteiger partial charge in [-0.05, 0) is 38.6 Å². The number of benzene rings is 2. The first-order valence-corrected chi connectivity index (χ1v) is 8.27. The van der Waals surface area contributed by atoms with Crippen LogP contribution in [0.5, 0.6) is 0 Å². The fraction of sp³-hybridized carbons (Fsp3) is 0.333. The van der Waals surface area contributed by atoms with Crippen LogP contribution in [0.1, 0.15) is 29.7 Å². The summed E-state index contributed by atoms with van der Waals surface area (Å²) in [6, 6.07) is 13.8. The van der Waals surface area contributed by atoms with Crippen molar-refractivity contribution in [3.63, 3.8) is 0 Å². The predicted octanol–water partition coefficient (Wildman–Crippen LogP) is 4.89. The molecule has 0 amide bonds. The zero-order chi connectivity index (χ0) is 15.2. The first kappa shape index (κ1) is 16.1. The van der Waals surface area contributed by atoms with Crippen molar-refractivity contribution >= 4 is 11.8 Å². The lowest BCUT2D eigenvalue weighted by molar-refractivity contribution is 0.545. The van der Waals surface area contributed by atoms with Gasteiger partial charge >= 0.3 is 0 Å². The Morgan fingerprint density at radius 1 is 1.05 bits per heavy atom. The summed E-state index contributed by atoms with van der Waals surface area (Å²) in [6.45, 7) is 6.96. The monoisotopic (exact) mass is 303 g/mol. The van der Waals surface area contributed by atoms with Crippen LogP contribution in [0.3, 0.4) is 0 Å². The lowest BCUT2D eigenvalue weighted by Crippen LogP contribution is -2.24. The Morgan fingerprint density at radius 2 is 1.71 bits per heavy atom. The summed E-state index contributed by atoms with van der Waals surface area (Å²) in [4.78, 5) is 1.22. The fourth-order valence-electron chi connectivity index (χ4n) is 2.25. The van der Waals surface area contributed by atoms with Crippen LogP contribution >= 0.6 is 11.8 Å². The predicted molar refractivity (Wildman–Crippen MR) is 89.5 cm³/mol. The molecule has 0 saturated carbocycles. The van der Waals surface area contributed by atoms with Gasteiger partial charge in [0, 0.05) is 22.3 Å². The Balaban J connectivity index is 2.11. The maximum absolute atomic E-state index is 14.1. The molecule has 2 aromatic rings. The van der Waals surface area contributed by atoms with E-state index in [1.165, 1.54) is 10.5 Å². The second-order valence-corrected chi connectivity index (χ2v) is 6.35. The number of rotatable bonds is 6. The highest BCUT2D eigenvalue weighted by Crippen LogP contribution is 2.27. The maximum atomic E-state index is 14.1. The van der Waals surface area contributed by atoms with Crippen molar-refractivity contribution in [3.05, 3.63) is 65.0 Å². The van der Waals surface area contributed by atoms with Crippen LogP contribution in [0.25, 0.3) is 0 Å². The molecule has 0 fully saturated rings. The lowest BCUT2D eigenvalue weighted by Gasteiger charge is -2.19. The quantitative estimate of drug-likeness (QED) is 0.763. The summed E-state index contributed by atoms with van der Waals surface area (Å²) in [5.41, 5.74) is 3.11. The van der Waals surface area contributed by atoms with Crippen molar-refractivity contribution in [2.24, 2.45) is 0 Å². The molecule has 1 atom stereocenters. The van der Waals surface area contributed by atoms with Crippen molar-refractivity contribution in [1.82, 2.24) is 5.32 Å². The minimum atomic E-state index is -0.129. The third-order valence-electron chi connectivity index (χ3n) is 3.42. The van der Waals surface area contributed by atoms with Crippen LogP contribution in [0, 0.1) is 19.7 Å². The van der Waals surface area contributed by atoms with Gasteiger partial charge in [-0.1, -0.05) is 42.3 Å². The van der Waals surface area contributed by atoms with Crippen molar-refractivity contribution in [1.29, 1.82) is 0 Å². The minimum Gasteiger partial charge on any atom is -0.309 e. The van der Waals surface area contributed by atoms with Gasteiger partial charge < -0.3 is 5.32 Å². The Kier molecular flexibility index (Phi) is 5.83. The van der Waals surface area contributed by atoms with Gasteiger partial charge in [0.1, 0.15) is 5.82 Å². The summed E-state index contributed by atoms with van der Waals surface area (Å²) < 4.78 is 14.1. The Bertz CT molecular complexity index is 580. The SMILES string of the molecule is CCNC(CSc1ccc(C)cc1)c1cc(C)ccc1F. The molecule has 112 valence electrons. The van der Waals surface area contributed by atoms with E-state index in [1.54, 1.807) is 17.8 Å². The van der Waals surface area contributed by atoms with E-state index >= 15 is 0 Å². The van der Waals surface area contributed by atoms with Crippen LogP contribution in [0.4, 0.5) is 4.39 Å². The minimum absolute atomic E-state index is 0.0289. The van der Waals surface area contributed by atoms with Gasteiger partial charge in [-0.15, -0.1) is 11.8 Å². The third kappa shape index (κ3) is 4.58. The summed E-state index contributed by atoms with van der Waals surface area (Å²) in [5.74, 6) is 0.688. The van der Waals surface area contributed by atoms with E-state index in [9.17, 15) is 4.39 Å². The summed E-state index contributed by atoms with van der Waals surface area (Å²) in [7, 11) is 0. The molecule has 2 aromatic carbocycles. The number of thioether (sulfide) groups is 1. The fourth-order valence-corrected chi connectivity index (χ4v) is 3.23. The second-order valence-electron chi connectivity index (χ2n) is 5.26. The molecule has 0 radical (unpaired) electrons. The van der Waals surface area contributed by atoms with Crippen LogP contribution in [0.2, 0.25) is 0 Å². The summed E-state index contributed by atoms with van der Waals surface area (Å²) >= 11 is 1.76. The highest BCUT2D eigenvalue weighted by atomic mass is 32.2. The summed E-state index contributed by atoms with van der Waals surface area (Å²) in [6.07, 6.45) is 0. The van der Waals surface area contributed by atoms with Gasteiger partial charge in [-0.25, -0.2) is 4.39 Å². The van der Waals surface area contributed by atoms with E-state index in [2.05, 4.69) is 43.4 Å². The molecule has 2 rings (SSSR count). The number of hydrogen-bond acceptors (Lipinski definition) is 2. The number of halogens is 1. The van der Waals surface area contributed by atoms with Crippen molar-refractivity contribution < 1.29 is 4.39 Å². The number of hydrogen-bond donors (Lipinski definition) is 1. The summed E-state index contributed by atoms with van der Waals surface area (Å²) in [5, 5.41) is 3.39. The molecule has 0 aromatic heterocycles. The van der Waals surface area contributed by atoms with E-state index in [0.29, 0.717) is 0 Å². The van der Waals surface area contributed by atoms with Crippen molar-refractivity contribution in [2.75, 3.05) is 12.3 Å². The molecule has 0 aliphatic carbocycles. The standard InChI is InChI=1S/C18H22FNS/c1-4-20-18(16-11-14(3)7-10-17(16)19)12-21-15-8-5-13(2)6-9-15/h5-11,18,20H,4,12H2,1-3H3. The molecule has 21 heavy (non-hydrogen) atoms. The highest BCUT2D eigenvalue weighted by molar-refractivity contribution is 7.99. The van der Waals surface area contributed by atoms with Crippen LogP contribution < -0.4 is 5.32 Å². The average Bonchev–Trinajstić information content (AvgIpc) is 2.48. The number of aryl methyl sites for hydroxylation is 2. The molecule has 0 aliphatic heterocycles. The highest BCUT2D eigenvalue weighted by Gasteiger charge is 2.15. The smallest absolute Gasteiger partial charge is 0.128 e. The van der Waals surface area contributed by atoms with Crippen molar-refractivity contribution in [2.45, 2.75) is 31.7 Å². The van der Waals surface area contributed by atoms with E-state index in [1.807, 2.05) is 19.1 Å². The molecule has 0 saturated heterocycles. The normalized spacial score (nSPS) is 12.4. The molecular formula is C18H22FNS. The van der Waals surface area contributed by atoms with Gasteiger partial charge in [-0.2, -0.15) is 0 Å². The van der Waals surface area contributed by atoms with E-state index in [0.717, 1.165) is 23.4 Å². The third-order valence-corrected chi connectivity index (χ3v) is 4.52. The zero-order valence-corrected chi connectivity index (χ0v) is 13.6. The Morgan fingerprint density at radius 3 is 2.38 bits per heavy atom. The molecule has 0 bridgehead atoms. The van der Waals surface area contributed by atoms with Crippen LogP contribution in [0.15, 0.2) is 47.4 Å². The topological polar surface area (TPSA) is 12.0 Å². The molecular weight excluding hydrogens is 281 g/mol. The van der Waals surface area contributed by atoms with Gasteiger partial charge in [0.05, 0.1) is 0 Å². The zero-order valence-electron chi connectivity index (χ0n) is 12.8. The van der Waals surface area contributed by atoms with E-state index < -0.39 is 0 Å². The molecule has 0 spiro atoms. The van der Waals surface area contributed by atoms with E-state index in [-0.39, 0.29) is 11.9 Å².